The molecule has 3 aromatic rings. The van der Waals surface area contributed by atoms with E-state index >= 15 is 0 Å². The van der Waals surface area contributed by atoms with Gasteiger partial charge < -0.3 is 18.8 Å². The van der Waals surface area contributed by atoms with E-state index in [0.29, 0.717) is 17.2 Å². The largest absolute Gasteiger partial charge is 0.493 e. The average Bonchev–Trinajstić information content (AvgIpc) is 3.08. The molecule has 0 spiro atoms. The van der Waals surface area contributed by atoms with Crippen LogP contribution >= 0.6 is 0 Å². The van der Waals surface area contributed by atoms with Crippen LogP contribution in [0.15, 0.2) is 36.4 Å². The summed E-state index contributed by atoms with van der Waals surface area (Å²) in [5.41, 5.74) is 3.10. The third-order valence-corrected chi connectivity index (χ3v) is 4.81. The summed E-state index contributed by atoms with van der Waals surface area (Å²) in [5, 5.41) is 0. The predicted molar refractivity (Wildman–Crippen MR) is 109 cm³/mol. The molecular formula is C22H28N2O3. The van der Waals surface area contributed by atoms with Gasteiger partial charge in [-0.15, -0.1) is 0 Å². The van der Waals surface area contributed by atoms with Gasteiger partial charge in [-0.1, -0.05) is 38.3 Å². The van der Waals surface area contributed by atoms with Gasteiger partial charge in [-0.3, -0.25) is 0 Å². The molecule has 0 amide bonds. The van der Waals surface area contributed by atoms with Crippen LogP contribution in [0.2, 0.25) is 0 Å². The van der Waals surface area contributed by atoms with Crippen LogP contribution in [0.5, 0.6) is 17.2 Å². The highest BCUT2D eigenvalue weighted by Gasteiger charge is 2.18. The number of unbranched alkanes of at least 4 members (excludes halogenated alkanes) is 3. The molecule has 1 aromatic heterocycles. The number of para-hydroxylation sites is 2. The third kappa shape index (κ3) is 3.87. The van der Waals surface area contributed by atoms with Crippen LogP contribution in [0.25, 0.3) is 22.4 Å². The lowest BCUT2D eigenvalue weighted by Crippen LogP contribution is -2.02. The van der Waals surface area contributed by atoms with E-state index in [2.05, 4.69) is 29.7 Å². The van der Waals surface area contributed by atoms with Crippen molar-refractivity contribution in [1.29, 1.82) is 0 Å². The Balaban J connectivity index is 2.10. The molecule has 27 heavy (non-hydrogen) atoms. The second-order valence-electron chi connectivity index (χ2n) is 6.55. The van der Waals surface area contributed by atoms with Crippen LogP contribution in [-0.4, -0.2) is 30.9 Å². The maximum absolute atomic E-state index is 5.53. The average molecular weight is 368 g/mol. The quantitative estimate of drug-likeness (QED) is 0.480. The van der Waals surface area contributed by atoms with Gasteiger partial charge in [-0.25, -0.2) is 4.98 Å². The molecule has 0 fully saturated rings. The summed E-state index contributed by atoms with van der Waals surface area (Å²) < 4.78 is 18.8. The Bertz CT molecular complexity index is 877. The van der Waals surface area contributed by atoms with Crippen LogP contribution in [0.4, 0.5) is 0 Å². The molecule has 0 unspecified atom stereocenters. The normalized spacial score (nSPS) is 11.0. The number of methoxy groups -OCH3 is 3. The maximum Gasteiger partial charge on any atom is 0.203 e. The molecule has 0 aliphatic rings. The van der Waals surface area contributed by atoms with Crippen molar-refractivity contribution in [1.82, 2.24) is 9.55 Å². The predicted octanol–water partition coefficient (Wildman–Crippen LogP) is 5.31. The van der Waals surface area contributed by atoms with Crippen molar-refractivity contribution in [2.24, 2.45) is 0 Å². The first-order chi connectivity index (χ1) is 13.2. The van der Waals surface area contributed by atoms with Gasteiger partial charge in [0, 0.05) is 12.1 Å². The molecule has 5 nitrogen and oxygen atoms in total. The van der Waals surface area contributed by atoms with Crippen LogP contribution in [0.1, 0.15) is 32.6 Å². The Morgan fingerprint density at radius 3 is 2.22 bits per heavy atom. The highest BCUT2D eigenvalue weighted by molar-refractivity contribution is 5.81. The number of fused-ring (bicyclic) bond motifs is 1. The molecular weight excluding hydrogens is 340 g/mol. The Hall–Kier alpha value is -2.69. The number of aromatic nitrogens is 2. The smallest absolute Gasteiger partial charge is 0.203 e. The van der Waals surface area contributed by atoms with E-state index in [9.17, 15) is 0 Å². The van der Waals surface area contributed by atoms with E-state index in [1.807, 2.05) is 18.2 Å². The molecule has 3 rings (SSSR count). The van der Waals surface area contributed by atoms with E-state index in [0.717, 1.165) is 35.4 Å². The van der Waals surface area contributed by atoms with Gasteiger partial charge in [0.05, 0.1) is 32.4 Å². The molecule has 0 atom stereocenters. The molecule has 5 heteroatoms. The zero-order valence-electron chi connectivity index (χ0n) is 16.6. The number of ether oxygens (including phenoxy) is 3. The van der Waals surface area contributed by atoms with Crippen LogP contribution in [-0.2, 0) is 6.54 Å². The minimum Gasteiger partial charge on any atom is -0.493 e. The number of hydrogen-bond donors (Lipinski definition) is 0. The molecule has 0 aliphatic heterocycles. The van der Waals surface area contributed by atoms with Crippen LogP contribution in [0, 0.1) is 0 Å². The summed E-state index contributed by atoms with van der Waals surface area (Å²) in [6.07, 6.45) is 4.83. The van der Waals surface area contributed by atoms with Gasteiger partial charge in [-0.05, 0) is 30.7 Å². The van der Waals surface area contributed by atoms with Gasteiger partial charge in [0.25, 0.3) is 0 Å². The zero-order chi connectivity index (χ0) is 19.2. The molecule has 0 N–H and O–H groups in total. The monoisotopic (exact) mass is 368 g/mol. The van der Waals surface area contributed by atoms with Crippen LogP contribution in [0.3, 0.4) is 0 Å². The highest BCUT2D eigenvalue weighted by Crippen LogP contribution is 2.41. The fraction of sp³-hybridized carbons (Fsp3) is 0.409. The summed E-state index contributed by atoms with van der Waals surface area (Å²) >= 11 is 0. The number of hydrogen-bond acceptors (Lipinski definition) is 4. The summed E-state index contributed by atoms with van der Waals surface area (Å²) in [4.78, 5) is 4.90. The van der Waals surface area contributed by atoms with Gasteiger partial charge in [-0.2, -0.15) is 0 Å². The van der Waals surface area contributed by atoms with E-state index in [4.69, 9.17) is 19.2 Å². The van der Waals surface area contributed by atoms with E-state index < -0.39 is 0 Å². The van der Waals surface area contributed by atoms with Crippen molar-refractivity contribution >= 4 is 11.0 Å². The second kappa shape index (κ2) is 8.80. The second-order valence-corrected chi connectivity index (χ2v) is 6.55. The maximum atomic E-state index is 5.53. The Labute approximate surface area is 160 Å². The summed E-state index contributed by atoms with van der Waals surface area (Å²) in [7, 11) is 4.88. The molecule has 0 saturated heterocycles. The first-order valence-corrected chi connectivity index (χ1v) is 9.49. The van der Waals surface area contributed by atoms with Crippen molar-refractivity contribution in [2.75, 3.05) is 21.3 Å². The lowest BCUT2D eigenvalue weighted by atomic mass is 10.1. The molecule has 0 radical (unpaired) electrons. The standard InChI is InChI=1S/C22H28N2O3/c1-5-6-7-10-13-24-18-12-9-8-11-17(18)23-22(24)16-14-19(25-2)21(27-4)20(15-16)26-3/h8-9,11-12,14-15H,5-7,10,13H2,1-4H3. The SMILES string of the molecule is CCCCCCn1c(-c2cc(OC)c(OC)c(OC)c2)nc2ccccc21. The van der Waals surface area contributed by atoms with Gasteiger partial charge >= 0.3 is 0 Å². The first kappa shape index (κ1) is 19.1. The lowest BCUT2D eigenvalue weighted by molar-refractivity contribution is 0.324. The lowest BCUT2D eigenvalue weighted by Gasteiger charge is -2.15. The molecule has 0 bridgehead atoms. The van der Waals surface area contributed by atoms with Crippen molar-refractivity contribution in [3.63, 3.8) is 0 Å². The van der Waals surface area contributed by atoms with Crippen molar-refractivity contribution in [2.45, 2.75) is 39.2 Å². The molecule has 0 saturated carbocycles. The Kier molecular flexibility index (Phi) is 6.22. The van der Waals surface area contributed by atoms with Gasteiger partial charge in [0.15, 0.2) is 11.5 Å². The Morgan fingerprint density at radius 2 is 1.59 bits per heavy atom. The molecule has 0 aliphatic carbocycles. The van der Waals surface area contributed by atoms with Gasteiger partial charge in [0.1, 0.15) is 5.82 Å². The van der Waals surface area contributed by atoms with E-state index in [1.54, 1.807) is 21.3 Å². The number of imidazole rings is 1. The van der Waals surface area contributed by atoms with Crippen LogP contribution < -0.4 is 14.2 Å². The van der Waals surface area contributed by atoms with Crippen molar-refractivity contribution in [3.05, 3.63) is 36.4 Å². The fourth-order valence-corrected chi connectivity index (χ4v) is 3.43. The third-order valence-electron chi connectivity index (χ3n) is 4.81. The van der Waals surface area contributed by atoms with Crippen molar-refractivity contribution < 1.29 is 14.2 Å². The number of rotatable bonds is 9. The molecule has 144 valence electrons. The summed E-state index contributed by atoms with van der Waals surface area (Å²) in [5.74, 6) is 2.79. The number of benzene rings is 2. The van der Waals surface area contributed by atoms with Crippen molar-refractivity contribution in [3.8, 4) is 28.6 Å². The summed E-state index contributed by atoms with van der Waals surface area (Å²) in [6.45, 7) is 3.17. The van der Waals surface area contributed by atoms with Gasteiger partial charge in [0.2, 0.25) is 5.75 Å². The molecule has 1 heterocycles. The zero-order valence-corrected chi connectivity index (χ0v) is 16.6. The number of aryl methyl sites for hydroxylation is 1. The number of nitrogens with zero attached hydrogens (tertiary/aromatic N) is 2. The fourth-order valence-electron chi connectivity index (χ4n) is 3.43. The Morgan fingerprint density at radius 1 is 0.889 bits per heavy atom. The highest BCUT2D eigenvalue weighted by atomic mass is 16.5. The minimum atomic E-state index is 0.592. The molecule has 2 aromatic carbocycles. The first-order valence-electron chi connectivity index (χ1n) is 9.49. The minimum absolute atomic E-state index is 0.592. The van der Waals surface area contributed by atoms with E-state index in [-0.39, 0.29) is 0 Å². The topological polar surface area (TPSA) is 45.5 Å². The van der Waals surface area contributed by atoms with E-state index in [1.165, 1.54) is 19.3 Å². The summed E-state index contributed by atoms with van der Waals surface area (Å²) in [6, 6.07) is 12.2.